The van der Waals surface area contributed by atoms with Gasteiger partial charge in [-0.1, -0.05) is 6.07 Å². The number of carbonyl (C=O) groups excluding carboxylic acids is 1. The van der Waals surface area contributed by atoms with E-state index in [1.165, 1.54) is 14.0 Å². The molecule has 2 heterocycles. The minimum atomic E-state index is -4.73. The van der Waals surface area contributed by atoms with Gasteiger partial charge < -0.3 is 15.0 Å². The van der Waals surface area contributed by atoms with Crippen LogP contribution >= 0.6 is 0 Å². The summed E-state index contributed by atoms with van der Waals surface area (Å²) in [4.78, 5) is 27.2. The quantitative estimate of drug-likeness (QED) is 0.818. The number of hydrogen-bond donors (Lipinski definition) is 2. The average molecular weight is 345 g/mol. The fourth-order valence-corrected chi connectivity index (χ4v) is 1.90. The van der Waals surface area contributed by atoms with Gasteiger partial charge >= 0.3 is 6.18 Å². The van der Waals surface area contributed by atoms with E-state index in [-0.39, 0.29) is 5.69 Å². The number of nitrogens with zero attached hydrogens (tertiary/aromatic N) is 2. The Morgan fingerprint density at radius 1 is 1.33 bits per heavy atom. The van der Waals surface area contributed by atoms with Crippen LogP contribution in [0.1, 0.15) is 21.7 Å². The first-order chi connectivity index (χ1) is 11.0. The molecule has 0 fully saturated rings. The minimum Gasteiger partial charge on any atom is -0.504 e. The van der Waals surface area contributed by atoms with E-state index in [0.717, 1.165) is 16.7 Å². The van der Waals surface area contributed by atoms with Gasteiger partial charge in [-0.25, -0.2) is 9.37 Å². The van der Waals surface area contributed by atoms with Gasteiger partial charge in [0.2, 0.25) is 0 Å². The van der Waals surface area contributed by atoms with Crippen LogP contribution in [0.2, 0.25) is 0 Å². The fourth-order valence-electron chi connectivity index (χ4n) is 1.90. The zero-order chi connectivity index (χ0) is 18.2. The number of pyridine rings is 2. The molecule has 0 saturated carbocycles. The summed E-state index contributed by atoms with van der Waals surface area (Å²) >= 11 is 0. The molecular weight excluding hydrogens is 334 g/mol. The second kappa shape index (κ2) is 5.95. The van der Waals surface area contributed by atoms with Crippen molar-refractivity contribution in [3.63, 3.8) is 0 Å². The number of nitrogens with one attached hydrogen (secondary N) is 1. The molecule has 0 aromatic carbocycles. The van der Waals surface area contributed by atoms with E-state index in [2.05, 4.69) is 4.98 Å². The van der Waals surface area contributed by atoms with Crippen LogP contribution in [0, 0.1) is 12.7 Å². The summed E-state index contributed by atoms with van der Waals surface area (Å²) in [6.07, 6.45) is -4.73. The third-order valence-corrected chi connectivity index (χ3v) is 3.29. The molecule has 0 unspecified atom stereocenters. The zero-order valence-electron chi connectivity index (χ0n) is 12.4. The van der Waals surface area contributed by atoms with Crippen molar-refractivity contribution in [2.75, 3.05) is 5.32 Å². The Labute approximate surface area is 132 Å². The number of amides is 1. The largest absolute Gasteiger partial charge is 0.504 e. The average Bonchev–Trinajstić information content (AvgIpc) is 2.50. The lowest BCUT2D eigenvalue weighted by molar-refractivity contribution is -0.141. The lowest BCUT2D eigenvalue weighted by Crippen LogP contribution is -2.30. The van der Waals surface area contributed by atoms with Crippen molar-refractivity contribution >= 4 is 11.7 Å². The molecule has 2 aromatic rings. The molecule has 6 nitrogen and oxygen atoms in total. The Hall–Kier alpha value is -2.91. The number of rotatable bonds is 2. The number of aromatic nitrogens is 2. The highest BCUT2D eigenvalue weighted by molar-refractivity contribution is 6.05. The van der Waals surface area contributed by atoms with Gasteiger partial charge in [0.05, 0.1) is 5.69 Å². The van der Waals surface area contributed by atoms with Crippen molar-refractivity contribution in [1.82, 2.24) is 9.55 Å². The van der Waals surface area contributed by atoms with Crippen LogP contribution in [-0.2, 0) is 13.2 Å². The maximum absolute atomic E-state index is 13.8. The standard InChI is InChI=1S/C14H11F4N3O3/c1-6-10(15)11(22)9(13(24)21(6)2)12(23)20-8-5-3-4-7(19-8)14(16,17)18/h3-5,22H,1-2H3,(H,19,20,23). The molecule has 0 saturated heterocycles. The highest BCUT2D eigenvalue weighted by atomic mass is 19.4. The Kier molecular flexibility index (Phi) is 4.32. The molecule has 2 aromatic heterocycles. The molecule has 0 atom stereocenters. The van der Waals surface area contributed by atoms with E-state index < -0.39 is 46.3 Å². The predicted octanol–water partition coefficient (Wildman–Crippen LogP) is 2.20. The third-order valence-electron chi connectivity index (χ3n) is 3.29. The van der Waals surface area contributed by atoms with E-state index in [1.54, 1.807) is 0 Å². The first-order valence-corrected chi connectivity index (χ1v) is 6.47. The van der Waals surface area contributed by atoms with Crippen LogP contribution in [0.5, 0.6) is 5.75 Å². The molecular formula is C14H11F4N3O3. The lowest BCUT2D eigenvalue weighted by Gasteiger charge is -2.12. The number of carbonyl (C=O) groups is 1. The van der Waals surface area contributed by atoms with Crippen molar-refractivity contribution in [1.29, 1.82) is 0 Å². The van der Waals surface area contributed by atoms with Crippen molar-refractivity contribution in [2.24, 2.45) is 7.05 Å². The number of alkyl halides is 3. The molecule has 10 heteroatoms. The molecule has 0 aliphatic rings. The summed E-state index contributed by atoms with van der Waals surface area (Å²) in [5.41, 5.74) is -3.39. The first-order valence-electron chi connectivity index (χ1n) is 6.47. The Bertz CT molecular complexity index is 875. The summed E-state index contributed by atoms with van der Waals surface area (Å²) in [5.74, 6) is -4.14. The number of anilines is 1. The molecule has 2 rings (SSSR count). The molecule has 0 aliphatic carbocycles. The topological polar surface area (TPSA) is 84.2 Å². The van der Waals surface area contributed by atoms with E-state index in [0.29, 0.717) is 6.07 Å². The van der Waals surface area contributed by atoms with Crippen LogP contribution in [-0.4, -0.2) is 20.6 Å². The van der Waals surface area contributed by atoms with Gasteiger partial charge in [-0.15, -0.1) is 0 Å². The van der Waals surface area contributed by atoms with E-state index in [1.807, 2.05) is 5.32 Å². The van der Waals surface area contributed by atoms with Gasteiger partial charge in [-0.3, -0.25) is 9.59 Å². The zero-order valence-corrected chi connectivity index (χ0v) is 12.4. The highest BCUT2D eigenvalue weighted by Crippen LogP contribution is 2.28. The predicted molar refractivity (Wildman–Crippen MR) is 75.2 cm³/mol. The summed E-state index contributed by atoms with van der Waals surface area (Å²) < 4.78 is 52.4. The molecule has 24 heavy (non-hydrogen) atoms. The van der Waals surface area contributed by atoms with Crippen molar-refractivity contribution in [3.05, 3.63) is 51.3 Å². The summed E-state index contributed by atoms with van der Waals surface area (Å²) in [5, 5.41) is 11.6. The molecule has 0 spiro atoms. The minimum absolute atomic E-state index is 0.203. The van der Waals surface area contributed by atoms with Gasteiger partial charge in [0.1, 0.15) is 17.1 Å². The highest BCUT2D eigenvalue weighted by Gasteiger charge is 2.32. The Morgan fingerprint density at radius 3 is 2.54 bits per heavy atom. The van der Waals surface area contributed by atoms with Gasteiger partial charge in [0.15, 0.2) is 11.6 Å². The van der Waals surface area contributed by atoms with Gasteiger partial charge in [0.25, 0.3) is 11.5 Å². The summed E-state index contributed by atoms with van der Waals surface area (Å²) in [7, 11) is 1.18. The van der Waals surface area contributed by atoms with Crippen molar-refractivity contribution in [2.45, 2.75) is 13.1 Å². The smallest absolute Gasteiger partial charge is 0.433 e. The van der Waals surface area contributed by atoms with Crippen LogP contribution in [0.3, 0.4) is 0 Å². The number of aromatic hydroxyl groups is 1. The number of hydrogen-bond acceptors (Lipinski definition) is 4. The van der Waals surface area contributed by atoms with Crippen LogP contribution in [0.25, 0.3) is 0 Å². The lowest BCUT2D eigenvalue weighted by atomic mass is 10.2. The second-order valence-electron chi connectivity index (χ2n) is 4.85. The maximum Gasteiger partial charge on any atom is 0.433 e. The molecule has 128 valence electrons. The monoisotopic (exact) mass is 345 g/mol. The molecule has 0 aliphatic heterocycles. The Morgan fingerprint density at radius 2 is 1.96 bits per heavy atom. The summed E-state index contributed by atoms with van der Waals surface area (Å²) in [6.45, 7) is 1.21. The van der Waals surface area contributed by atoms with Gasteiger partial charge in [-0.05, 0) is 19.1 Å². The first kappa shape index (κ1) is 17.4. The van der Waals surface area contributed by atoms with Gasteiger partial charge in [0, 0.05) is 7.05 Å². The van der Waals surface area contributed by atoms with E-state index >= 15 is 0 Å². The maximum atomic E-state index is 13.8. The normalized spacial score (nSPS) is 11.4. The van der Waals surface area contributed by atoms with Crippen LogP contribution in [0.4, 0.5) is 23.4 Å². The molecule has 0 bridgehead atoms. The summed E-state index contributed by atoms with van der Waals surface area (Å²) in [6, 6.07) is 2.75. The SMILES string of the molecule is Cc1c(F)c(O)c(C(=O)Nc2cccc(C(F)(F)F)n2)c(=O)n1C. The van der Waals surface area contributed by atoms with E-state index in [4.69, 9.17) is 0 Å². The van der Waals surface area contributed by atoms with Gasteiger partial charge in [-0.2, -0.15) is 13.2 Å². The molecule has 2 N–H and O–H groups in total. The molecule has 1 amide bonds. The molecule has 0 radical (unpaired) electrons. The van der Waals surface area contributed by atoms with E-state index in [9.17, 15) is 32.3 Å². The fraction of sp³-hybridized carbons (Fsp3) is 0.214. The van der Waals surface area contributed by atoms with Crippen LogP contribution < -0.4 is 10.9 Å². The second-order valence-corrected chi connectivity index (χ2v) is 4.85. The van der Waals surface area contributed by atoms with Crippen molar-refractivity contribution < 1.29 is 27.5 Å². The van der Waals surface area contributed by atoms with Crippen LogP contribution in [0.15, 0.2) is 23.0 Å². The van der Waals surface area contributed by atoms with Crippen molar-refractivity contribution in [3.8, 4) is 5.75 Å². The number of halogens is 4. The Balaban J connectivity index is 2.44. The third kappa shape index (κ3) is 3.07.